The first-order valence-electron chi connectivity index (χ1n) is 6.73. The van der Waals surface area contributed by atoms with E-state index in [9.17, 15) is 4.79 Å². The van der Waals surface area contributed by atoms with Crippen molar-refractivity contribution in [2.75, 3.05) is 0 Å². The number of hydrogen-bond donors (Lipinski definition) is 0. The predicted molar refractivity (Wildman–Crippen MR) is 81.1 cm³/mol. The van der Waals surface area contributed by atoms with Crippen LogP contribution in [0.3, 0.4) is 0 Å². The zero-order chi connectivity index (χ0) is 14.1. The number of Topliss-reactive ketones (excluding diaryl/α,β-unsaturated/α-hetero) is 1. The zero-order valence-electron chi connectivity index (χ0n) is 11.9. The Bertz CT molecular complexity index is 488. The third-order valence-electron chi connectivity index (χ3n) is 3.20. The average Bonchev–Trinajstić information content (AvgIpc) is 2.45. The maximum Gasteiger partial charge on any atom is 0.166 e. The zero-order valence-corrected chi connectivity index (χ0v) is 11.9. The first kappa shape index (κ1) is 15.2. The van der Waals surface area contributed by atoms with Gasteiger partial charge in [0, 0.05) is 12.0 Å². The summed E-state index contributed by atoms with van der Waals surface area (Å²) in [5, 5.41) is 0. The molecule has 0 fully saturated rings. The standard InChI is InChI=1S/C18H22O/c1-4-16(3)18(19)14-13-15(2)9-8-12-17-10-6-5-7-11-17/h5-7,9-11H,1,8,12-14H2,2-3H3/b15-9+. The average molecular weight is 254 g/mol. The molecule has 0 radical (unpaired) electrons. The summed E-state index contributed by atoms with van der Waals surface area (Å²) in [6.45, 7) is 7.35. The molecule has 0 saturated heterocycles. The Labute approximate surface area is 116 Å². The number of benzene rings is 1. The van der Waals surface area contributed by atoms with Gasteiger partial charge in [0.1, 0.15) is 0 Å². The highest BCUT2D eigenvalue weighted by molar-refractivity contribution is 5.94. The van der Waals surface area contributed by atoms with Crippen molar-refractivity contribution in [3.05, 3.63) is 65.4 Å². The SMILES string of the molecule is C=C=C(C)C(=O)CC/C(C)=C/CCc1ccccc1. The van der Waals surface area contributed by atoms with E-state index in [1.807, 2.05) is 6.07 Å². The van der Waals surface area contributed by atoms with Gasteiger partial charge >= 0.3 is 0 Å². The van der Waals surface area contributed by atoms with Crippen molar-refractivity contribution in [1.82, 2.24) is 0 Å². The molecule has 1 rings (SSSR count). The van der Waals surface area contributed by atoms with Gasteiger partial charge < -0.3 is 0 Å². The Balaban J connectivity index is 2.34. The van der Waals surface area contributed by atoms with Gasteiger partial charge in [-0.3, -0.25) is 4.79 Å². The minimum Gasteiger partial charge on any atom is -0.294 e. The van der Waals surface area contributed by atoms with Crippen LogP contribution < -0.4 is 0 Å². The second-order valence-electron chi connectivity index (χ2n) is 4.80. The van der Waals surface area contributed by atoms with Crippen molar-refractivity contribution in [3.63, 3.8) is 0 Å². The molecule has 0 heterocycles. The summed E-state index contributed by atoms with van der Waals surface area (Å²) in [5.41, 5.74) is 5.92. The number of allylic oxidation sites excluding steroid dienone is 3. The van der Waals surface area contributed by atoms with Crippen molar-refractivity contribution in [3.8, 4) is 0 Å². The number of carbonyl (C=O) groups is 1. The largest absolute Gasteiger partial charge is 0.294 e. The van der Waals surface area contributed by atoms with Gasteiger partial charge in [-0.2, -0.15) is 0 Å². The molecular weight excluding hydrogens is 232 g/mol. The van der Waals surface area contributed by atoms with Crippen LogP contribution in [0, 0.1) is 0 Å². The molecule has 0 unspecified atom stereocenters. The summed E-state index contributed by atoms with van der Waals surface area (Å²) in [4.78, 5) is 11.6. The lowest BCUT2D eigenvalue weighted by Gasteiger charge is -2.02. The molecule has 0 amide bonds. The number of hydrogen-bond acceptors (Lipinski definition) is 1. The van der Waals surface area contributed by atoms with E-state index in [4.69, 9.17) is 0 Å². The lowest BCUT2D eigenvalue weighted by atomic mass is 10.0. The van der Waals surface area contributed by atoms with E-state index in [2.05, 4.69) is 49.6 Å². The van der Waals surface area contributed by atoms with Crippen molar-refractivity contribution in [1.29, 1.82) is 0 Å². The third kappa shape index (κ3) is 6.03. The van der Waals surface area contributed by atoms with Gasteiger partial charge in [0.15, 0.2) is 5.78 Å². The topological polar surface area (TPSA) is 17.1 Å². The molecular formula is C18H22O. The van der Waals surface area contributed by atoms with E-state index in [1.54, 1.807) is 6.92 Å². The summed E-state index contributed by atoms with van der Waals surface area (Å²) in [6, 6.07) is 10.4. The van der Waals surface area contributed by atoms with Crippen LogP contribution in [0.1, 0.15) is 38.7 Å². The van der Waals surface area contributed by atoms with Crippen molar-refractivity contribution in [2.45, 2.75) is 39.5 Å². The Kier molecular flexibility index (Phi) is 6.63. The van der Waals surface area contributed by atoms with Crippen LogP contribution in [-0.4, -0.2) is 5.78 Å². The summed E-state index contributed by atoms with van der Waals surface area (Å²) in [7, 11) is 0. The summed E-state index contributed by atoms with van der Waals surface area (Å²) >= 11 is 0. The minimum atomic E-state index is 0.144. The molecule has 0 atom stereocenters. The van der Waals surface area contributed by atoms with Gasteiger partial charge in [-0.25, -0.2) is 0 Å². The van der Waals surface area contributed by atoms with E-state index >= 15 is 0 Å². The van der Waals surface area contributed by atoms with Crippen LogP contribution in [0.25, 0.3) is 0 Å². The van der Waals surface area contributed by atoms with Crippen molar-refractivity contribution in [2.24, 2.45) is 0 Å². The first-order chi connectivity index (χ1) is 9.13. The van der Waals surface area contributed by atoms with E-state index in [0.717, 1.165) is 19.3 Å². The van der Waals surface area contributed by atoms with Gasteiger partial charge in [0.2, 0.25) is 0 Å². The van der Waals surface area contributed by atoms with Gasteiger partial charge in [-0.1, -0.05) is 48.6 Å². The van der Waals surface area contributed by atoms with E-state index in [0.29, 0.717) is 12.0 Å². The highest BCUT2D eigenvalue weighted by Crippen LogP contribution is 2.10. The molecule has 0 bridgehead atoms. The van der Waals surface area contributed by atoms with Crippen molar-refractivity contribution >= 4 is 5.78 Å². The first-order valence-corrected chi connectivity index (χ1v) is 6.73. The lowest BCUT2D eigenvalue weighted by Crippen LogP contribution is -1.98. The lowest BCUT2D eigenvalue weighted by molar-refractivity contribution is -0.115. The smallest absolute Gasteiger partial charge is 0.166 e. The quantitative estimate of drug-likeness (QED) is 0.393. The molecule has 0 aliphatic carbocycles. The molecule has 1 heteroatoms. The molecule has 0 N–H and O–H groups in total. The van der Waals surface area contributed by atoms with Crippen LogP contribution in [-0.2, 0) is 11.2 Å². The normalized spacial score (nSPS) is 10.9. The number of aryl methyl sites for hydroxylation is 1. The van der Waals surface area contributed by atoms with Crippen LogP contribution >= 0.6 is 0 Å². The van der Waals surface area contributed by atoms with Crippen LogP contribution in [0.2, 0.25) is 0 Å². The second kappa shape index (κ2) is 8.29. The highest BCUT2D eigenvalue weighted by atomic mass is 16.1. The van der Waals surface area contributed by atoms with Gasteiger partial charge in [0.05, 0.1) is 0 Å². The highest BCUT2D eigenvalue weighted by Gasteiger charge is 2.03. The number of rotatable bonds is 7. The maximum atomic E-state index is 11.6. The fourth-order valence-corrected chi connectivity index (χ4v) is 1.83. The van der Waals surface area contributed by atoms with Crippen LogP contribution in [0.4, 0.5) is 0 Å². The molecule has 100 valence electrons. The molecule has 0 aliphatic rings. The summed E-state index contributed by atoms with van der Waals surface area (Å²) in [6.07, 6.45) is 5.69. The van der Waals surface area contributed by atoms with Gasteiger partial charge in [-0.15, -0.1) is 5.73 Å². The van der Waals surface area contributed by atoms with Gasteiger partial charge in [-0.05, 0) is 38.7 Å². The third-order valence-corrected chi connectivity index (χ3v) is 3.20. The molecule has 1 nitrogen and oxygen atoms in total. The van der Waals surface area contributed by atoms with E-state index in [1.165, 1.54) is 11.1 Å². The number of carbonyl (C=O) groups excluding carboxylic acids is 1. The van der Waals surface area contributed by atoms with Gasteiger partial charge in [0.25, 0.3) is 0 Å². The fourth-order valence-electron chi connectivity index (χ4n) is 1.83. The van der Waals surface area contributed by atoms with Crippen LogP contribution in [0.5, 0.6) is 0 Å². The van der Waals surface area contributed by atoms with Crippen molar-refractivity contribution < 1.29 is 4.79 Å². The van der Waals surface area contributed by atoms with E-state index in [-0.39, 0.29) is 5.78 Å². The molecule has 0 aromatic heterocycles. The Morgan fingerprint density at radius 2 is 1.89 bits per heavy atom. The van der Waals surface area contributed by atoms with Crippen LogP contribution in [0.15, 0.2) is 59.9 Å². The molecule has 0 saturated carbocycles. The Hall–Kier alpha value is -1.85. The second-order valence-corrected chi connectivity index (χ2v) is 4.80. The molecule has 0 spiro atoms. The Morgan fingerprint density at radius 3 is 2.53 bits per heavy atom. The number of ketones is 1. The maximum absolute atomic E-state index is 11.6. The Morgan fingerprint density at radius 1 is 1.21 bits per heavy atom. The molecule has 19 heavy (non-hydrogen) atoms. The molecule has 1 aromatic rings. The fraction of sp³-hybridized carbons (Fsp3) is 0.333. The molecule has 1 aromatic carbocycles. The molecule has 0 aliphatic heterocycles. The summed E-state index contributed by atoms with van der Waals surface area (Å²) in [5.74, 6) is 0.144. The van der Waals surface area contributed by atoms with E-state index < -0.39 is 0 Å². The predicted octanol–water partition coefficient (Wildman–Crippen LogP) is 4.65. The summed E-state index contributed by atoms with van der Waals surface area (Å²) < 4.78 is 0. The minimum absolute atomic E-state index is 0.144. The monoisotopic (exact) mass is 254 g/mol.